The summed E-state index contributed by atoms with van der Waals surface area (Å²) in [7, 11) is 0. The first-order chi connectivity index (χ1) is 10.1. The van der Waals surface area contributed by atoms with Crippen LogP contribution in [0.2, 0.25) is 0 Å². The third-order valence-corrected chi connectivity index (χ3v) is 4.15. The first-order valence-corrected chi connectivity index (χ1v) is 7.14. The third-order valence-electron chi connectivity index (χ3n) is 4.15. The first-order valence-electron chi connectivity index (χ1n) is 7.14. The second-order valence-electron chi connectivity index (χ2n) is 5.29. The molecule has 3 atom stereocenters. The highest BCUT2D eigenvalue weighted by Gasteiger charge is 2.39. The van der Waals surface area contributed by atoms with Crippen molar-refractivity contribution in [3.8, 4) is 6.07 Å². The van der Waals surface area contributed by atoms with Crippen molar-refractivity contribution in [2.24, 2.45) is 5.92 Å². The summed E-state index contributed by atoms with van der Waals surface area (Å²) in [5.74, 6) is -1.31. The van der Waals surface area contributed by atoms with Crippen molar-refractivity contribution in [1.82, 2.24) is 4.90 Å². The summed E-state index contributed by atoms with van der Waals surface area (Å²) in [5, 5.41) is 18.3. The highest BCUT2D eigenvalue weighted by Crippen LogP contribution is 2.29. The summed E-state index contributed by atoms with van der Waals surface area (Å²) in [4.78, 5) is 13.5. The standard InChI is InChI=1S/C16H20N2O3/c1-3-18(15-10-21-9-14(15)16(19)20)11(2)13-6-4-5-12(7-13)8-17/h4-7,11,14-15H,3,9-10H2,1-2H3,(H,19,20). The summed E-state index contributed by atoms with van der Waals surface area (Å²) in [6.45, 7) is 5.49. The van der Waals surface area contributed by atoms with E-state index >= 15 is 0 Å². The first kappa shape index (κ1) is 15.5. The fourth-order valence-corrected chi connectivity index (χ4v) is 2.96. The number of hydrogen-bond acceptors (Lipinski definition) is 4. The van der Waals surface area contributed by atoms with Crippen molar-refractivity contribution in [3.05, 3.63) is 35.4 Å². The number of rotatable bonds is 5. The molecule has 0 aromatic heterocycles. The van der Waals surface area contributed by atoms with Crippen molar-refractivity contribution < 1.29 is 14.6 Å². The molecular weight excluding hydrogens is 268 g/mol. The SMILES string of the molecule is CCN(C(C)c1cccc(C#N)c1)C1COCC1C(=O)O. The van der Waals surface area contributed by atoms with Gasteiger partial charge in [0.25, 0.3) is 0 Å². The third kappa shape index (κ3) is 3.23. The molecule has 5 heteroatoms. The van der Waals surface area contributed by atoms with Crippen LogP contribution in [0, 0.1) is 17.2 Å². The van der Waals surface area contributed by atoms with Crippen LogP contribution in [-0.4, -0.2) is 41.8 Å². The second kappa shape index (κ2) is 6.70. The van der Waals surface area contributed by atoms with Gasteiger partial charge in [-0.3, -0.25) is 9.69 Å². The minimum absolute atomic E-state index is 0.0387. The number of nitrogens with zero attached hydrogens (tertiary/aromatic N) is 2. The molecule has 1 saturated heterocycles. The van der Waals surface area contributed by atoms with E-state index in [4.69, 9.17) is 10.00 Å². The molecule has 0 bridgehead atoms. The number of ether oxygens (including phenoxy) is 1. The van der Waals surface area contributed by atoms with Crippen LogP contribution in [0.5, 0.6) is 0 Å². The van der Waals surface area contributed by atoms with Crippen LogP contribution in [0.4, 0.5) is 0 Å². The summed E-state index contributed by atoms with van der Waals surface area (Å²) < 4.78 is 5.37. The Bertz CT molecular complexity index is 553. The Morgan fingerprint density at radius 1 is 1.57 bits per heavy atom. The lowest BCUT2D eigenvalue weighted by Gasteiger charge is -2.34. The molecule has 1 aliphatic rings. The second-order valence-corrected chi connectivity index (χ2v) is 5.29. The highest BCUT2D eigenvalue weighted by atomic mass is 16.5. The van der Waals surface area contributed by atoms with Gasteiger partial charge in [-0.05, 0) is 31.2 Å². The molecule has 0 aliphatic carbocycles. The van der Waals surface area contributed by atoms with E-state index in [2.05, 4.69) is 11.0 Å². The Morgan fingerprint density at radius 2 is 2.33 bits per heavy atom. The zero-order valence-electron chi connectivity index (χ0n) is 12.3. The molecule has 112 valence electrons. The lowest BCUT2D eigenvalue weighted by molar-refractivity contribution is -0.143. The average Bonchev–Trinajstić information content (AvgIpc) is 2.97. The average molecular weight is 288 g/mol. The predicted octanol–water partition coefficient (Wildman–Crippen LogP) is 2.04. The molecule has 0 spiro atoms. The van der Waals surface area contributed by atoms with Crippen molar-refractivity contribution in [1.29, 1.82) is 5.26 Å². The van der Waals surface area contributed by atoms with E-state index in [1.807, 2.05) is 32.0 Å². The Hall–Kier alpha value is -1.90. The number of benzene rings is 1. The van der Waals surface area contributed by atoms with Gasteiger partial charge < -0.3 is 9.84 Å². The Labute approximate surface area is 124 Å². The molecule has 1 aromatic carbocycles. The van der Waals surface area contributed by atoms with E-state index in [0.717, 1.165) is 12.1 Å². The molecule has 0 radical (unpaired) electrons. The van der Waals surface area contributed by atoms with Gasteiger partial charge in [-0.25, -0.2) is 0 Å². The molecule has 21 heavy (non-hydrogen) atoms. The van der Waals surface area contributed by atoms with Crippen LogP contribution in [0.3, 0.4) is 0 Å². The van der Waals surface area contributed by atoms with E-state index in [0.29, 0.717) is 12.2 Å². The summed E-state index contributed by atoms with van der Waals surface area (Å²) in [6.07, 6.45) is 0. The van der Waals surface area contributed by atoms with Crippen LogP contribution in [0.25, 0.3) is 0 Å². The van der Waals surface area contributed by atoms with Crippen LogP contribution in [0.15, 0.2) is 24.3 Å². The number of nitriles is 1. The summed E-state index contributed by atoms with van der Waals surface area (Å²) in [5.41, 5.74) is 1.64. The topological polar surface area (TPSA) is 73.6 Å². The molecule has 5 nitrogen and oxygen atoms in total. The van der Waals surface area contributed by atoms with Crippen LogP contribution >= 0.6 is 0 Å². The van der Waals surface area contributed by atoms with Gasteiger partial charge in [0.1, 0.15) is 0 Å². The van der Waals surface area contributed by atoms with Gasteiger partial charge in [-0.2, -0.15) is 5.26 Å². The largest absolute Gasteiger partial charge is 0.481 e. The van der Waals surface area contributed by atoms with Crippen molar-refractivity contribution in [2.75, 3.05) is 19.8 Å². The molecule has 1 aliphatic heterocycles. The van der Waals surface area contributed by atoms with Crippen molar-refractivity contribution >= 4 is 5.97 Å². The monoisotopic (exact) mass is 288 g/mol. The van der Waals surface area contributed by atoms with Crippen molar-refractivity contribution in [2.45, 2.75) is 25.9 Å². The van der Waals surface area contributed by atoms with Crippen molar-refractivity contribution in [3.63, 3.8) is 0 Å². The number of carboxylic acids is 1. The molecule has 0 amide bonds. The number of carbonyl (C=O) groups is 1. The lowest BCUT2D eigenvalue weighted by atomic mass is 9.97. The summed E-state index contributed by atoms with van der Waals surface area (Å²) >= 11 is 0. The van der Waals surface area contributed by atoms with Gasteiger partial charge in [0.2, 0.25) is 0 Å². The Kier molecular flexibility index (Phi) is 4.94. The van der Waals surface area contributed by atoms with E-state index in [9.17, 15) is 9.90 Å². The van der Waals surface area contributed by atoms with Crippen LogP contribution in [0.1, 0.15) is 31.0 Å². The minimum Gasteiger partial charge on any atom is -0.481 e. The Balaban J connectivity index is 2.24. The van der Waals surface area contributed by atoms with E-state index in [1.54, 1.807) is 6.07 Å². The predicted molar refractivity (Wildman–Crippen MR) is 77.7 cm³/mol. The zero-order chi connectivity index (χ0) is 15.4. The molecular formula is C16H20N2O3. The van der Waals surface area contributed by atoms with Crippen LogP contribution < -0.4 is 0 Å². The normalized spacial score (nSPS) is 23.0. The van der Waals surface area contributed by atoms with Crippen LogP contribution in [-0.2, 0) is 9.53 Å². The minimum atomic E-state index is -0.811. The quantitative estimate of drug-likeness (QED) is 0.897. The summed E-state index contributed by atoms with van der Waals surface area (Å²) in [6, 6.07) is 9.51. The van der Waals surface area contributed by atoms with Gasteiger partial charge in [-0.15, -0.1) is 0 Å². The molecule has 1 aromatic rings. The number of carboxylic acid groups (broad SMARTS) is 1. The van der Waals surface area contributed by atoms with E-state index in [-0.39, 0.29) is 18.7 Å². The molecule has 1 N–H and O–H groups in total. The fraction of sp³-hybridized carbons (Fsp3) is 0.500. The molecule has 1 fully saturated rings. The molecule has 0 saturated carbocycles. The van der Waals surface area contributed by atoms with Gasteiger partial charge in [0.05, 0.1) is 30.8 Å². The van der Waals surface area contributed by atoms with E-state index in [1.165, 1.54) is 0 Å². The maximum Gasteiger partial charge on any atom is 0.310 e. The highest BCUT2D eigenvalue weighted by molar-refractivity contribution is 5.71. The lowest BCUT2D eigenvalue weighted by Crippen LogP contribution is -2.44. The van der Waals surface area contributed by atoms with Gasteiger partial charge in [-0.1, -0.05) is 19.1 Å². The number of hydrogen-bond donors (Lipinski definition) is 1. The fourth-order valence-electron chi connectivity index (χ4n) is 2.96. The van der Waals surface area contributed by atoms with Gasteiger partial charge in [0, 0.05) is 12.1 Å². The molecule has 3 unspecified atom stereocenters. The Morgan fingerprint density at radius 3 is 2.95 bits per heavy atom. The van der Waals surface area contributed by atoms with Gasteiger partial charge in [0.15, 0.2) is 0 Å². The maximum absolute atomic E-state index is 11.3. The smallest absolute Gasteiger partial charge is 0.310 e. The molecule has 1 heterocycles. The zero-order valence-corrected chi connectivity index (χ0v) is 12.3. The van der Waals surface area contributed by atoms with E-state index < -0.39 is 11.9 Å². The number of likely N-dealkylation sites (N-methyl/N-ethyl adjacent to an activating group) is 1. The number of aliphatic carboxylic acids is 1. The maximum atomic E-state index is 11.3. The van der Waals surface area contributed by atoms with Gasteiger partial charge >= 0.3 is 5.97 Å². The molecule has 2 rings (SSSR count).